The summed E-state index contributed by atoms with van der Waals surface area (Å²) in [5, 5.41) is 2.52. The maximum atomic E-state index is 12.4. The lowest BCUT2D eigenvalue weighted by Crippen LogP contribution is -2.16. The molecular formula is C14H15NO10S3. The first-order chi connectivity index (χ1) is 12.7. The van der Waals surface area contributed by atoms with E-state index in [1.807, 2.05) is 0 Å². The fourth-order valence-corrected chi connectivity index (χ4v) is 4.69. The Morgan fingerprint density at radius 2 is 1.68 bits per heavy atom. The van der Waals surface area contributed by atoms with Gasteiger partial charge in [-0.05, 0) is 29.7 Å². The van der Waals surface area contributed by atoms with Crippen molar-refractivity contribution >= 4 is 52.7 Å². The number of sulfone groups is 1. The Bertz CT molecular complexity index is 1250. The van der Waals surface area contributed by atoms with Crippen LogP contribution in [0.3, 0.4) is 0 Å². The van der Waals surface area contributed by atoms with Gasteiger partial charge in [0.25, 0.3) is 10.1 Å². The zero-order valence-electron chi connectivity index (χ0n) is 14.2. The summed E-state index contributed by atoms with van der Waals surface area (Å²) in [6, 6.07) is 5.80. The summed E-state index contributed by atoms with van der Waals surface area (Å²) in [6.45, 7) is 0.333. The van der Waals surface area contributed by atoms with Crippen LogP contribution in [-0.4, -0.2) is 52.6 Å². The number of carbonyl (C=O) groups is 1. The highest BCUT2D eigenvalue weighted by Gasteiger charge is 2.23. The van der Waals surface area contributed by atoms with E-state index in [1.165, 1.54) is 25.1 Å². The van der Waals surface area contributed by atoms with Crippen molar-refractivity contribution in [1.29, 1.82) is 0 Å². The van der Waals surface area contributed by atoms with E-state index in [0.717, 1.165) is 6.07 Å². The maximum absolute atomic E-state index is 12.4. The van der Waals surface area contributed by atoms with Gasteiger partial charge in [-0.3, -0.25) is 13.9 Å². The van der Waals surface area contributed by atoms with E-state index < -0.39 is 58.4 Å². The molecule has 0 unspecified atom stereocenters. The average molecular weight is 453 g/mol. The second-order valence-electron chi connectivity index (χ2n) is 5.58. The van der Waals surface area contributed by atoms with Crippen LogP contribution < -0.4 is 5.32 Å². The highest BCUT2D eigenvalue weighted by atomic mass is 32.3. The standard InChI is InChI=1S/C14H15NO10S3/c1-9(16)15-11-3-2-10-6-12(8-14(13(10)7-11)27(19,20)21)26(17,18)5-4-25-28(22,23)24/h2-3,6-8H,4-5H2,1H3,(H,15,16)(H,19,20,21)(H,22,23,24). The van der Waals surface area contributed by atoms with Gasteiger partial charge in [0.2, 0.25) is 5.91 Å². The largest absolute Gasteiger partial charge is 0.397 e. The molecule has 14 heteroatoms. The fourth-order valence-electron chi connectivity index (χ4n) is 2.34. The van der Waals surface area contributed by atoms with Gasteiger partial charge in [-0.1, -0.05) is 6.07 Å². The van der Waals surface area contributed by atoms with Crippen molar-refractivity contribution in [3.63, 3.8) is 0 Å². The molecule has 2 aromatic rings. The zero-order valence-corrected chi connectivity index (χ0v) is 16.6. The highest BCUT2D eigenvalue weighted by Crippen LogP contribution is 2.30. The molecule has 11 nitrogen and oxygen atoms in total. The predicted octanol–water partition coefficient (Wildman–Crippen LogP) is 0.638. The van der Waals surface area contributed by atoms with Crippen molar-refractivity contribution in [3.8, 4) is 0 Å². The molecule has 0 saturated carbocycles. The number of carbonyl (C=O) groups excluding carboxylic acids is 1. The highest BCUT2D eigenvalue weighted by molar-refractivity contribution is 7.91. The molecule has 0 aromatic heterocycles. The van der Waals surface area contributed by atoms with Gasteiger partial charge in [0.05, 0.1) is 17.3 Å². The van der Waals surface area contributed by atoms with E-state index in [0.29, 0.717) is 6.07 Å². The van der Waals surface area contributed by atoms with E-state index in [1.54, 1.807) is 0 Å². The topological polar surface area (TPSA) is 181 Å². The van der Waals surface area contributed by atoms with E-state index >= 15 is 0 Å². The Kier molecular flexibility index (Phi) is 6.13. The molecule has 2 rings (SSSR count). The van der Waals surface area contributed by atoms with Crippen molar-refractivity contribution in [2.24, 2.45) is 0 Å². The number of hydrogen-bond donors (Lipinski definition) is 3. The molecule has 154 valence electrons. The minimum Gasteiger partial charge on any atom is -0.326 e. The van der Waals surface area contributed by atoms with Crippen molar-refractivity contribution in [2.45, 2.75) is 16.7 Å². The third-order valence-corrected chi connectivity index (χ3v) is 6.45. The number of hydrogen-bond acceptors (Lipinski definition) is 8. The fraction of sp³-hybridized carbons (Fsp3) is 0.214. The second kappa shape index (κ2) is 7.73. The van der Waals surface area contributed by atoms with Gasteiger partial charge in [0, 0.05) is 18.0 Å². The molecule has 28 heavy (non-hydrogen) atoms. The molecule has 3 N–H and O–H groups in total. The average Bonchev–Trinajstić information content (AvgIpc) is 2.50. The molecular weight excluding hydrogens is 438 g/mol. The van der Waals surface area contributed by atoms with Crippen LogP contribution in [0.5, 0.6) is 0 Å². The lowest BCUT2D eigenvalue weighted by molar-refractivity contribution is -0.114. The first-order valence-corrected chi connectivity index (χ1v) is 11.8. The van der Waals surface area contributed by atoms with E-state index in [9.17, 15) is 34.6 Å². The third kappa shape index (κ3) is 5.70. The SMILES string of the molecule is CC(=O)Nc1ccc2cc(S(=O)(=O)CCOS(=O)(=O)O)cc(S(=O)(=O)O)c2c1. The first kappa shape index (κ1) is 22.2. The predicted molar refractivity (Wildman–Crippen MR) is 97.6 cm³/mol. The number of benzene rings is 2. The van der Waals surface area contributed by atoms with Gasteiger partial charge >= 0.3 is 10.4 Å². The summed E-state index contributed by atoms with van der Waals surface area (Å²) in [5.41, 5.74) is 0.224. The maximum Gasteiger partial charge on any atom is 0.397 e. The van der Waals surface area contributed by atoms with E-state index in [2.05, 4.69) is 9.50 Å². The molecule has 0 aliphatic rings. The number of nitrogens with one attached hydrogen (secondary N) is 1. The summed E-state index contributed by atoms with van der Waals surface area (Å²) in [6.07, 6.45) is 0. The van der Waals surface area contributed by atoms with Crippen LogP contribution in [0.2, 0.25) is 0 Å². The van der Waals surface area contributed by atoms with Gasteiger partial charge in [-0.2, -0.15) is 16.8 Å². The van der Waals surface area contributed by atoms with Crippen LogP contribution in [0.15, 0.2) is 40.1 Å². The summed E-state index contributed by atoms with van der Waals surface area (Å²) in [5.74, 6) is -1.31. The number of amides is 1. The Morgan fingerprint density at radius 1 is 1.04 bits per heavy atom. The van der Waals surface area contributed by atoms with Gasteiger partial charge < -0.3 is 5.32 Å². The quantitative estimate of drug-likeness (QED) is 0.503. The van der Waals surface area contributed by atoms with Crippen molar-refractivity contribution in [1.82, 2.24) is 0 Å². The van der Waals surface area contributed by atoms with Gasteiger partial charge in [0.15, 0.2) is 9.84 Å². The monoisotopic (exact) mass is 453 g/mol. The lowest BCUT2D eigenvalue weighted by atomic mass is 10.1. The molecule has 0 bridgehead atoms. The molecule has 0 aliphatic heterocycles. The number of fused-ring (bicyclic) bond motifs is 1. The normalized spacial score (nSPS) is 12.8. The Morgan fingerprint density at radius 3 is 2.21 bits per heavy atom. The Hall–Kier alpha value is -2.10. The number of anilines is 1. The van der Waals surface area contributed by atoms with Crippen LogP contribution in [0.4, 0.5) is 5.69 Å². The number of rotatable bonds is 7. The van der Waals surface area contributed by atoms with Crippen molar-refractivity contribution < 1.29 is 43.3 Å². The molecule has 2 aromatic carbocycles. The van der Waals surface area contributed by atoms with Crippen molar-refractivity contribution in [2.75, 3.05) is 17.7 Å². The molecule has 0 fully saturated rings. The minimum absolute atomic E-state index is 0.0399. The van der Waals surface area contributed by atoms with Crippen LogP contribution in [0.1, 0.15) is 6.92 Å². The van der Waals surface area contributed by atoms with Crippen molar-refractivity contribution in [3.05, 3.63) is 30.3 Å². The minimum atomic E-state index is -4.85. The van der Waals surface area contributed by atoms with E-state index in [-0.39, 0.29) is 16.5 Å². The van der Waals surface area contributed by atoms with Crippen LogP contribution in [0, 0.1) is 0 Å². The summed E-state index contributed by atoms with van der Waals surface area (Å²) in [4.78, 5) is 9.93. The second-order valence-corrected chi connectivity index (χ2v) is 10.2. The third-order valence-electron chi connectivity index (χ3n) is 3.43. The Labute approximate surface area is 160 Å². The van der Waals surface area contributed by atoms with Crippen LogP contribution >= 0.6 is 0 Å². The van der Waals surface area contributed by atoms with Crippen LogP contribution in [0.25, 0.3) is 10.8 Å². The van der Waals surface area contributed by atoms with E-state index in [4.69, 9.17) is 4.55 Å². The summed E-state index contributed by atoms with van der Waals surface area (Å²) in [7, 11) is -13.9. The lowest BCUT2D eigenvalue weighted by Gasteiger charge is -2.11. The van der Waals surface area contributed by atoms with Gasteiger partial charge in [-0.15, -0.1) is 0 Å². The smallest absolute Gasteiger partial charge is 0.326 e. The molecule has 0 spiro atoms. The summed E-state index contributed by atoms with van der Waals surface area (Å²) < 4.78 is 91.2. The van der Waals surface area contributed by atoms with Gasteiger partial charge in [-0.25, -0.2) is 12.6 Å². The molecule has 0 atom stereocenters. The van der Waals surface area contributed by atoms with Crippen LogP contribution in [-0.2, 0) is 39.3 Å². The van der Waals surface area contributed by atoms with Gasteiger partial charge in [0.1, 0.15) is 4.90 Å². The molecule has 0 heterocycles. The zero-order chi connectivity index (χ0) is 21.3. The summed E-state index contributed by atoms with van der Waals surface area (Å²) >= 11 is 0. The molecule has 0 radical (unpaired) electrons. The Balaban J connectivity index is 2.58. The molecule has 0 aliphatic carbocycles. The first-order valence-electron chi connectivity index (χ1n) is 7.36. The molecule has 0 saturated heterocycles. The molecule has 1 amide bonds.